The fourth-order valence-electron chi connectivity index (χ4n) is 3.07. The number of nitrogens with one attached hydrogen (secondary N) is 1. The Kier molecular flexibility index (Phi) is 6.67. The lowest BCUT2D eigenvalue weighted by Gasteiger charge is -2.16. The molecule has 0 bridgehead atoms. The van der Waals surface area contributed by atoms with Gasteiger partial charge < -0.3 is 10.2 Å². The van der Waals surface area contributed by atoms with Gasteiger partial charge in [0, 0.05) is 23.7 Å². The van der Waals surface area contributed by atoms with Gasteiger partial charge in [0.15, 0.2) is 0 Å². The zero-order chi connectivity index (χ0) is 21.8. The van der Waals surface area contributed by atoms with Crippen molar-refractivity contribution < 1.29 is 9.59 Å². The smallest absolute Gasteiger partial charge is 0.273 e. The van der Waals surface area contributed by atoms with E-state index in [2.05, 4.69) is 36.3 Å². The van der Waals surface area contributed by atoms with Crippen LogP contribution in [0.3, 0.4) is 0 Å². The summed E-state index contributed by atoms with van der Waals surface area (Å²) >= 11 is 1.43. The highest BCUT2D eigenvalue weighted by Crippen LogP contribution is 2.26. The Morgan fingerprint density at radius 2 is 1.80 bits per heavy atom. The highest BCUT2D eigenvalue weighted by Gasteiger charge is 2.19. The summed E-state index contributed by atoms with van der Waals surface area (Å²) in [5.74, 6) is -0.0393. The Morgan fingerprint density at radius 1 is 1.10 bits per heavy atom. The number of aryl methyl sites for hydroxylation is 1. The summed E-state index contributed by atoms with van der Waals surface area (Å²) in [4.78, 5) is 31.0. The van der Waals surface area contributed by atoms with E-state index in [1.165, 1.54) is 21.8 Å². The summed E-state index contributed by atoms with van der Waals surface area (Å²) < 4.78 is 0. The van der Waals surface area contributed by atoms with Crippen LogP contribution in [0.2, 0.25) is 0 Å². The van der Waals surface area contributed by atoms with E-state index >= 15 is 0 Å². The zero-order valence-electron chi connectivity index (χ0n) is 18.0. The number of nitrogens with zero attached hydrogens (tertiary/aromatic N) is 2. The first-order valence-electron chi connectivity index (χ1n) is 9.93. The Morgan fingerprint density at radius 3 is 2.47 bits per heavy atom. The number of anilines is 1. The number of aromatic nitrogens is 1. The molecule has 2 aromatic carbocycles. The molecule has 1 heterocycles. The number of benzene rings is 2. The minimum Gasteiger partial charge on any atom is -0.331 e. The van der Waals surface area contributed by atoms with Gasteiger partial charge in [0.05, 0.1) is 6.54 Å². The molecular formula is C24H27N3O2S. The van der Waals surface area contributed by atoms with Gasteiger partial charge in [0.25, 0.3) is 5.91 Å². The van der Waals surface area contributed by atoms with Crippen molar-refractivity contribution >= 4 is 28.8 Å². The molecule has 0 aliphatic heterocycles. The van der Waals surface area contributed by atoms with Gasteiger partial charge in [-0.1, -0.05) is 50.2 Å². The van der Waals surface area contributed by atoms with Crippen LogP contribution in [-0.2, 0) is 4.79 Å². The van der Waals surface area contributed by atoms with E-state index in [1.54, 1.807) is 12.4 Å². The van der Waals surface area contributed by atoms with Crippen molar-refractivity contribution in [1.82, 2.24) is 9.88 Å². The number of likely N-dealkylation sites (N-methyl/N-ethyl adjacent to an activating group) is 1. The molecular weight excluding hydrogens is 394 g/mol. The maximum Gasteiger partial charge on any atom is 0.273 e. The normalized spacial score (nSPS) is 10.9. The number of thiazole rings is 1. The van der Waals surface area contributed by atoms with Crippen LogP contribution in [0.1, 0.15) is 46.9 Å². The molecule has 0 fully saturated rings. The van der Waals surface area contributed by atoms with Gasteiger partial charge in [-0.05, 0) is 42.5 Å². The number of rotatable bonds is 6. The maximum atomic E-state index is 12.7. The molecule has 1 aromatic heterocycles. The van der Waals surface area contributed by atoms with E-state index in [4.69, 9.17) is 0 Å². The van der Waals surface area contributed by atoms with Crippen LogP contribution in [0.5, 0.6) is 0 Å². The summed E-state index contributed by atoms with van der Waals surface area (Å²) in [7, 11) is 1.61. The van der Waals surface area contributed by atoms with E-state index in [1.807, 2.05) is 44.2 Å². The lowest BCUT2D eigenvalue weighted by atomic mass is 10.0. The highest BCUT2D eigenvalue weighted by atomic mass is 32.1. The Labute approximate surface area is 181 Å². The molecule has 0 aliphatic rings. The molecule has 2 amide bonds. The second-order valence-electron chi connectivity index (χ2n) is 7.77. The summed E-state index contributed by atoms with van der Waals surface area (Å²) in [6, 6.07) is 14.0. The topological polar surface area (TPSA) is 62.3 Å². The molecule has 0 saturated carbocycles. The van der Waals surface area contributed by atoms with E-state index in [0.29, 0.717) is 11.6 Å². The van der Waals surface area contributed by atoms with Gasteiger partial charge >= 0.3 is 0 Å². The second-order valence-corrected chi connectivity index (χ2v) is 8.63. The number of amides is 2. The van der Waals surface area contributed by atoms with Crippen molar-refractivity contribution in [3.05, 3.63) is 70.2 Å². The van der Waals surface area contributed by atoms with E-state index < -0.39 is 0 Å². The predicted octanol–water partition coefficient (Wildman–Crippen LogP) is 5.26. The fraction of sp³-hybridized carbons (Fsp3) is 0.292. The molecule has 0 atom stereocenters. The molecule has 5 nitrogen and oxygen atoms in total. The van der Waals surface area contributed by atoms with Gasteiger partial charge in [0.1, 0.15) is 10.7 Å². The first kappa shape index (κ1) is 21.7. The van der Waals surface area contributed by atoms with Crippen LogP contribution in [-0.4, -0.2) is 35.3 Å². The fourth-order valence-corrected chi connectivity index (χ4v) is 3.87. The van der Waals surface area contributed by atoms with Crippen molar-refractivity contribution in [1.29, 1.82) is 0 Å². The molecule has 3 aromatic rings. The van der Waals surface area contributed by atoms with Crippen molar-refractivity contribution in [2.45, 2.75) is 33.6 Å². The Balaban J connectivity index is 1.65. The van der Waals surface area contributed by atoms with Crippen LogP contribution < -0.4 is 5.32 Å². The Hall–Kier alpha value is -2.99. The highest BCUT2D eigenvalue weighted by molar-refractivity contribution is 7.13. The first-order chi connectivity index (χ1) is 14.3. The van der Waals surface area contributed by atoms with Crippen LogP contribution >= 0.6 is 11.3 Å². The van der Waals surface area contributed by atoms with E-state index in [-0.39, 0.29) is 18.4 Å². The third kappa shape index (κ3) is 4.94. The minimum absolute atomic E-state index is 0.0395. The molecule has 0 unspecified atom stereocenters. The number of carbonyl (C=O) groups excluding carboxylic acids is 2. The number of hydrogen-bond acceptors (Lipinski definition) is 4. The van der Waals surface area contributed by atoms with Crippen molar-refractivity contribution in [2.24, 2.45) is 0 Å². The summed E-state index contributed by atoms with van der Waals surface area (Å²) in [5.41, 5.74) is 5.49. The molecule has 0 spiro atoms. The third-order valence-corrected chi connectivity index (χ3v) is 6.05. The van der Waals surface area contributed by atoms with Gasteiger partial charge in [-0.3, -0.25) is 9.59 Å². The van der Waals surface area contributed by atoms with Crippen LogP contribution in [0, 0.1) is 13.8 Å². The second kappa shape index (κ2) is 9.22. The standard InChI is InChI=1S/C24H27N3O2S/c1-15(2)18-9-11-19(12-10-18)23-26-21(14-30-23)24(29)27(5)13-22(28)25-20-8-6-7-16(3)17(20)4/h6-12,14-15H,13H2,1-5H3,(H,25,28). The number of hydrogen-bond donors (Lipinski definition) is 1. The van der Waals surface area contributed by atoms with Crippen LogP contribution in [0.15, 0.2) is 47.8 Å². The summed E-state index contributed by atoms with van der Waals surface area (Å²) in [5, 5.41) is 5.42. The zero-order valence-corrected chi connectivity index (χ0v) is 18.8. The van der Waals surface area contributed by atoms with Gasteiger partial charge in [-0.15, -0.1) is 11.3 Å². The largest absolute Gasteiger partial charge is 0.331 e. The minimum atomic E-state index is -0.271. The monoisotopic (exact) mass is 421 g/mol. The van der Waals surface area contributed by atoms with Gasteiger partial charge in [0.2, 0.25) is 5.91 Å². The quantitative estimate of drug-likeness (QED) is 0.590. The molecule has 30 heavy (non-hydrogen) atoms. The molecule has 0 radical (unpaired) electrons. The van der Waals surface area contributed by atoms with Crippen LogP contribution in [0.4, 0.5) is 5.69 Å². The lowest BCUT2D eigenvalue weighted by Crippen LogP contribution is -2.35. The molecule has 0 saturated heterocycles. The molecule has 6 heteroatoms. The molecule has 3 rings (SSSR count). The van der Waals surface area contributed by atoms with Gasteiger partial charge in [-0.25, -0.2) is 4.98 Å². The van der Waals surface area contributed by atoms with E-state index in [9.17, 15) is 9.59 Å². The molecule has 156 valence electrons. The number of carbonyl (C=O) groups is 2. The van der Waals surface area contributed by atoms with Crippen LogP contribution in [0.25, 0.3) is 10.6 Å². The maximum absolute atomic E-state index is 12.7. The molecule has 1 N–H and O–H groups in total. The van der Waals surface area contributed by atoms with E-state index in [0.717, 1.165) is 27.4 Å². The van der Waals surface area contributed by atoms with Crippen molar-refractivity contribution in [3.63, 3.8) is 0 Å². The third-order valence-electron chi connectivity index (χ3n) is 5.15. The average molecular weight is 422 g/mol. The summed E-state index contributed by atoms with van der Waals surface area (Å²) in [6.07, 6.45) is 0. The first-order valence-corrected chi connectivity index (χ1v) is 10.8. The molecule has 0 aliphatic carbocycles. The van der Waals surface area contributed by atoms with Crippen molar-refractivity contribution in [3.8, 4) is 10.6 Å². The predicted molar refractivity (Wildman–Crippen MR) is 123 cm³/mol. The van der Waals surface area contributed by atoms with Gasteiger partial charge in [-0.2, -0.15) is 0 Å². The summed E-state index contributed by atoms with van der Waals surface area (Å²) in [6.45, 7) is 8.23. The van der Waals surface area contributed by atoms with Crippen molar-refractivity contribution in [2.75, 3.05) is 18.9 Å². The average Bonchev–Trinajstić information content (AvgIpc) is 3.21. The Bertz CT molecular complexity index is 1050. The lowest BCUT2D eigenvalue weighted by molar-refractivity contribution is -0.116. The SMILES string of the molecule is Cc1cccc(NC(=O)CN(C)C(=O)c2csc(-c3ccc(C(C)C)cc3)n2)c1C.